The highest BCUT2D eigenvalue weighted by Crippen LogP contribution is 2.30. The third-order valence-electron chi connectivity index (χ3n) is 5.12. The van der Waals surface area contributed by atoms with Crippen molar-refractivity contribution >= 4 is 38.4 Å². The quantitative estimate of drug-likeness (QED) is 0.542. The smallest absolute Gasteiger partial charge is 0.254 e. The van der Waals surface area contributed by atoms with Crippen molar-refractivity contribution in [3.63, 3.8) is 0 Å². The van der Waals surface area contributed by atoms with Crippen LogP contribution < -0.4 is 0 Å². The van der Waals surface area contributed by atoms with Gasteiger partial charge in [-0.3, -0.25) is 4.79 Å². The number of aromatic nitrogens is 2. The summed E-state index contributed by atoms with van der Waals surface area (Å²) in [5, 5.41) is 2.06. The van der Waals surface area contributed by atoms with Crippen LogP contribution in [0.4, 0.5) is 0 Å². The first-order chi connectivity index (χ1) is 12.5. The summed E-state index contributed by atoms with van der Waals surface area (Å²) in [5.41, 5.74) is 5.09. The van der Waals surface area contributed by atoms with Crippen molar-refractivity contribution < 1.29 is 4.79 Å². The standard InChI is InChI=1S/C21H21N3OS/c1-12-13(2)22-17-10-9-15(11-16(12)17)21(25)24(4)14(3)20-23-18-7-5-6-8-19(18)26-20/h5-11,14,22H,1-4H3/t14-/m1/s1. The van der Waals surface area contributed by atoms with Gasteiger partial charge in [-0.2, -0.15) is 0 Å². The van der Waals surface area contributed by atoms with Crippen LogP contribution >= 0.6 is 11.3 Å². The minimum absolute atomic E-state index is 0.0110. The van der Waals surface area contributed by atoms with Gasteiger partial charge in [0.05, 0.1) is 16.3 Å². The number of nitrogens with zero attached hydrogens (tertiary/aromatic N) is 2. The van der Waals surface area contributed by atoms with Crippen LogP contribution in [-0.4, -0.2) is 27.8 Å². The van der Waals surface area contributed by atoms with Crippen molar-refractivity contribution in [3.05, 3.63) is 64.3 Å². The zero-order valence-electron chi connectivity index (χ0n) is 15.3. The number of carbonyl (C=O) groups is 1. The minimum Gasteiger partial charge on any atom is -0.358 e. The van der Waals surface area contributed by atoms with Crippen molar-refractivity contribution in [2.24, 2.45) is 0 Å². The van der Waals surface area contributed by atoms with Crippen molar-refractivity contribution in [1.29, 1.82) is 0 Å². The predicted octanol–water partition coefficient (Wildman–Crippen LogP) is 5.23. The number of nitrogens with one attached hydrogen (secondary N) is 1. The molecular formula is C21H21N3OS. The van der Waals surface area contributed by atoms with Crippen LogP contribution in [0, 0.1) is 13.8 Å². The maximum Gasteiger partial charge on any atom is 0.254 e. The first-order valence-electron chi connectivity index (χ1n) is 8.67. The van der Waals surface area contributed by atoms with Crippen molar-refractivity contribution in [3.8, 4) is 0 Å². The summed E-state index contributed by atoms with van der Waals surface area (Å²) in [5.74, 6) is 0.0110. The van der Waals surface area contributed by atoms with Gasteiger partial charge in [0.1, 0.15) is 5.01 Å². The molecule has 4 aromatic rings. The molecule has 0 fully saturated rings. The van der Waals surface area contributed by atoms with Gasteiger partial charge in [-0.1, -0.05) is 12.1 Å². The van der Waals surface area contributed by atoms with Gasteiger partial charge in [0, 0.05) is 29.2 Å². The van der Waals surface area contributed by atoms with Crippen LogP contribution in [0.2, 0.25) is 0 Å². The highest BCUT2D eigenvalue weighted by molar-refractivity contribution is 7.18. The summed E-state index contributed by atoms with van der Waals surface area (Å²) in [7, 11) is 1.85. The zero-order chi connectivity index (χ0) is 18.4. The molecule has 4 rings (SSSR count). The number of carbonyl (C=O) groups excluding carboxylic acids is 1. The SMILES string of the molecule is Cc1[nH]c2ccc(C(=O)N(C)[C@H](C)c3nc4ccccc4s3)cc2c1C. The van der Waals surface area contributed by atoms with E-state index in [1.54, 1.807) is 16.2 Å². The number of rotatable bonds is 3. The molecule has 0 radical (unpaired) electrons. The molecule has 0 aliphatic heterocycles. The normalized spacial score (nSPS) is 12.6. The minimum atomic E-state index is -0.0790. The fraction of sp³-hybridized carbons (Fsp3) is 0.238. The lowest BCUT2D eigenvalue weighted by atomic mass is 10.1. The number of aryl methyl sites for hydroxylation is 2. The second-order valence-electron chi connectivity index (χ2n) is 6.75. The molecule has 0 aliphatic rings. The number of amides is 1. The molecule has 2 aromatic heterocycles. The Morgan fingerprint density at radius 2 is 1.96 bits per heavy atom. The number of hydrogen-bond donors (Lipinski definition) is 1. The van der Waals surface area contributed by atoms with Crippen LogP contribution in [0.3, 0.4) is 0 Å². The van der Waals surface area contributed by atoms with E-state index in [9.17, 15) is 4.79 Å². The van der Waals surface area contributed by atoms with Crippen LogP contribution in [-0.2, 0) is 0 Å². The first kappa shape index (κ1) is 16.8. The topological polar surface area (TPSA) is 49.0 Å². The average molecular weight is 363 g/mol. The number of H-pyrrole nitrogens is 1. The van der Waals surface area contributed by atoms with E-state index in [1.807, 2.05) is 50.4 Å². The van der Waals surface area contributed by atoms with Crippen LogP contribution in [0.15, 0.2) is 42.5 Å². The van der Waals surface area contributed by atoms with Crippen molar-refractivity contribution in [1.82, 2.24) is 14.9 Å². The Bertz CT molecular complexity index is 1090. The van der Waals surface area contributed by atoms with Gasteiger partial charge in [0.2, 0.25) is 0 Å². The summed E-state index contributed by atoms with van der Waals surface area (Å²) in [6, 6.07) is 13.9. The van der Waals surface area contributed by atoms with Gasteiger partial charge in [-0.25, -0.2) is 4.98 Å². The summed E-state index contributed by atoms with van der Waals surface area (Å²) < 4.78 is 1.15. The Labute approximate surface area is 156 Å². The first-order valence-corrected chi connectivity index (χ1v) is 9.49. The Balaban J connectivity index is 1.65. The zero-order valence-corrected chi connectivity index (χ0v) is 16.1. The molecule has 0 bridgehead atoms. The molecule has 0 saturated heterocycles. The molecule has 1 amide bonds. The fourth-order valence-electron chi connectivity index (χ4n) is 3.21. The molecule has 1 atom stereocenters. The Morgan fingerprint density at radius 3 is 2.73 bits per heavy atom. The Kier molecular flexibility index (Phi) is 4.04. The van der Waals surface area contributed by atoms with E-state index >= 15 is 0 Å². The number of fused-ring (bicyclic) bond motifs is 2. The number of benzene rings is 2. The number of para-hydroxylation sites is 1. The lowest BCUT2D eigenvalue weighted by Gasteiger charge is -2.23. The lowest BCUT2D eigenvalue weighted by molar-refractivity contribution is 0.0742. The van der Waals surface area contributed by atoms with E-state index in [0.29, 0.717) is 5.56 Å². The van der Waals surface area contributed by atoms with E-state index in [-0.39, 0.29) is 11.9 Å². The lowest BCUT2D eigenvalue weighted by Crippen LogP contribution is -2.29. The van der Waals surface area contributed by atoms with Crippen LogP contribution in [0.5, 0.6) is 0 Å². The Morgan fingerprint density at radius 1 is 1.19 bits per heavy atom. The monoisotopic (exact) mass is 363 g/mol. The van der Waals surface area contributed by atoms with E-state index in [0.717, 1.165) is 31.8 Å². The predicted molar refractivity (Wildman–Crippen MR) is 108 cm³/mol. The maximum atomic E-state index is 13.0. The van der Waals surface area contributed by atoms with Crippen LogP contribution in [0.25, 0.3) is 21.1 Å². The summed E-state index contributed by atoms with van der Waals surface area (Å²) in [6.45, 7) is 6.16. The molecule has 0 saturated carbocycles. The molecule has 0 aliphatic carbocycles. The van der Waals surface area contributed by atoms with Gasteiger partial charge in [-0.15, -0.1) is 11.3 Å². The van der Waals surface area contributed by atoms with E-state index < -0.39 is 0 Å². The highest BCUT2D eigenvalue weighted by Gasteiger charge is 2.22. The molecule has 132 valence electrons. The van der Waals surface area contributed by atoms with Crippen molar-refractivity contribution in [2.45, 2.75) is 26.8 Å². The molecule has 2 aromatic carbocycles. The number of hydrogen-bond acceptors (Lipinski definition) is 3. The van der Waals surface area contributed by atoms with E-state index in [1.165, 1.54) is 5.56 Å². The number of aromatic amines is 1. The molecule has 5 heteroatoms. The Hall–Kier alpha value is -2.66. The second-order valence-corrected chi connectivity index (χ2v) is 7.81. The maximum absolute atomic E-state index is 13.0. The van der Waals surface area contributed by atoms with Gasteiger partial charge < -0.3 is 9.88 Å². The van der Waals surface area contributed by atoms with Gasteiger partial charge >= 0.3 is 0 Å². The molecule has 4 nitrogen and oxygen atoms in total. The molecule has 1 N–H and O–H groups in total. The summed E-state index contributed by atoms with van der Waals surface area (Å²) >= 11 is 1.64. The fourth-order valence-corrected chi connectivity index (χ4v) is 4.27. The molecule has 2 heterocycles. The van der Waals surface area contributed by atoms with Crippen molar-refractivity contribution in [2.75, 3.05) is 7.05 Å². The van der Waals surface area contributed by atoms with Gasteiger partial charge in [-0.05, 0) is 56.7 Å². The van der Waals surface area contributed by atoms with E-state index in [4.69, 9.17) is 4.98 Å². The van der Waals surface area contributed by atoms with Gasteiger partial charge in [0.15, 0.2) is 0 Å². The molecule has 0 spiro atoms. The second kappa shape index (κ2) is 6.25. The largest absolute Gasteiger partial charge is 0.358 e. The molecule has 0 unspecified atom stereocenters. The highest BCUT2D eigenvalue weighted by atomic mass is 32.1. The summed E-state index contributed by atoms with van der Waals surface area (Å²) in [4.78, 5) is 22.8. The van der Waals surface area contributed by atoms with Gasteiger partial charge in [0.25, 0.3) is 5.91 Å². The molecule has 26 heavy (non-hydrogen) atoms. The van der Waals surface area contributed by atoms with Crippen LogP contribution in [0.1, 0.15) is 39.6 Å². The third-order valence-corrected chi connectivity index (χ3v) is 6.33. The average Bonchev–Trinajstić information content (AvgIpc) is 3.21. The third kappa shape index (κ3) is 2.69. The molecular weight excluding hydrogens is 342 g/mol. The number of thiazole rings is 1. The van der Waals surface area contributed by atoms with E-state index in [2.05, 4.69) is 24.9 Å². The summed E-state index contributed by atoms with van der Waals surface area (Å²) in [6.07, 6.45) is 0.